The van der Waals surface area contributed by atoms with E-state index in [0.717, 1.165) is 25.7 Å². The molecule has 92 valence electrons. The summed E-state index contributed by atoms with van der Waals surface area (Å²) < 4.78 is 5.77. The Bertz CT molecular complexity index is 366. The molecule has 1 N–H and O–H groups in total. The van der Waals surface area contributed by atoms with E-state index in [1.165, 1.54) is 0 Å². The number of nitrogens with zero attached hydrogens (tertiary/aromatic N) is 1. The second-order valence-electron chi connectivity index (χ2n) is 4.43. The third-order valence-electron chi connectivity index (χ3n) is 3.19. The van der Waals surface area contributed by atoms with Gasteiger partial charge < -0.3 is 9.84 Å². The van der Waals surface area contributed by atoms with Crippen LogP contribution in [0.1, 0.15) is 32.1 Å². The molecule has 4 heteroatoms. The van der Waals surface area contributed by atoms with E-state index in [0.29, 0.717) is 12.2 Å². The van der Waals surface area contributed by atoms with Crippen LogP contribution in [0.2, 0.25) is 0 Å². The molecule has 0 spiro atoms. The summed E-state index contributed by atoms with van der Waals surface area (Å²) in [5.41, 5.74) is 0. The van der Waals surface area contributed by atoms with Gasteiger partial charge in [0.05, 0.1) is 12.1 Å². The molecule has 1 fully saturated rings. The Kier molecular flexibility index (Phi) is 3.96. The summed E-state index contributed by atoms with van der Waals surface area (Å²) in [6, 6.07) is 3.61. The van der Waals surface area contributed by atoms with E-state index in [1.54, 1.807) is 18.5 Å². The van der Waals surface area contributed by atoms with Crippen LogP contribution in [0.15, 0.2) is 24.5 Å². The molecule has 2 atom stereocenters. The lowest BCUT2D eigenvalue weighted by Crippen LogP contribution is -2.32. The zero-order valence-electron chi connectivity index (χ0n) is 9.71. The molecule has 4 nitrogen and oxygen atoms in total. The van der Waals surface area contributed by atoms with Crippen molar-refractivity contribution in [1.82, 2.24) is 4.98 Å². The quantitative estimate of drug-likeness (QED) is 0.818. The largest absolute Gasteiger partial charge is 0.488 e. The number of hydrogen-bond donors (Lipinski definition) is 1. The summed E-state index contributed by atoms with van der Waals surface area (Å²) in [6.07, 6.45) is 7.71. The van der Waals surface area contributed by atoms with Crippen LogP contribution in [0.3, 0.4) is 0 Å². The maximum atomic E-state index is 11.2. The van der Waals surface area contributed by atoms with Gasteiger partial charge in [-0.25, -0.2) is 0 Å². The van der Waals surface area contributed by atoms with E-state index >= 15 is 0 Å². The molecule has 1 saturated carbocycles. The fourth-order valence-corrected chi connectivity index (χ4v) is 2.29. The minimum absolute atomic E-state index is 0.223. The standard InChI is InChI=1S/C13H17NO3/c15-13(16)11-6-2-1-3-7-12(11)17-10-5-4-8-14-9-10/h4-5,8-9,11-12H,1-3,6-7H2,(H,15,16). The molecule has 1 aromatic rings. The van der Waals surface area contributed by atoms with Crippen LogP contribution in [0, 0.1) is 5.92 Å². The number of pyridine rings is 1. The topological polar surface area (TPSA) is 59.4 Å². The normalized spacial score (nSPS) is 24.9. The van der Waals surface area contributed by atoms with Crippen LogP contribution >= 0.6 is 0 Å². The summed E-state index contributed by atoms with van der Waals surface area (Å²) in [5.74, 6) is -0.482. The van der Waals surface area contributed by atoms with E-state index in [4.69, 9.17) is 4.74 Å². The minimum Gasteiger partial charge on any atom is -0.488 e. The Morgan fingerprint density at radius 3 is 2.88 bits per heavy atom. The Morgan fingerprint density at radius 1 is 1.35 bits per heavy atom. The van der Waals surface area contributed by atoms with Crippen molar-refractivity contribution in [3.63, 3.8) is 0 Å². The van der Waals surface area contributed by atoms with Crippen molar-refractivity contribution in [2.75, 3.05) is 0 Å². The fraction of sp³-hybridized carbons (Fsp3) is 0.538. The lowest BCUT2D eigenvalue weighted by Gasteiger charge is -2.22. The number of aromatic nitrogens is 1. The fourth-order valence-electron chi connectivity index (χ4n) is 2.29. The first kappa shape index (κ1) is 11.9. The Morgan fingerprint density at radius 2 is 2.18 bits per heavy atom. The number of carboxylic acid groups (broad SMARTS) is 1. The highest BCUT2D eigenvalue weighted by Crippen LogP contribution is 2.27. The number of aliphatic carboxylic acids is 1. The number of rotatable bonds is 3. The molecule has 0 aliphatic heterocycles. The average molecular weight is 235 g/mol. The first-order chi connectivity index (χ1) is 8.27. The molecule has 2 unspecified atom stereocenters. The highest BCUT2D eigenvalue weighted by molar-refractivity contribution is 5.70. The second kappa shape index (κ2) is 5.66. The van der Waals surface area contributed by atoms with Crippen LogP contribution < -0.4 is 4.74 Å². The van der Waals surface area contributed by atoms with Crippen molar-refractivity contribution in [3.05, 3.63) is 24.5 Å². The molecule has 2 rings (SSSR count). The number of ether oxygens (including phenoxy) is 1. The van der Waals surface area contributed by atoms with Gasteiger partial charge in [-0.05, 0) is 31.4 Å². The van der Waals surface area contributed by atoms with E-state index < -0.39 is 11.9 Å². The van der Waals surface area contributed by atoms with Crippen molar-refractivity contribution in [2.24, 2.45) is 5.92 Å². The Labute approximate surface area is 101 Å². The Hall–Kier alpha value is -1.58. The highest BCUT2D eigenvalue weighted by atomic mass is 16.5. The molecule has 1 aliphatic rings. The van der Waals surface area contributed by atoms with Gasteiger partial charge in [0.25, 0.3) is 0 Å². The predicted molar refractivity (Wildman–Crippen MR) is 62.9 cm³/mol. The van der Waals surface area contributed by atoms with E-state index in [2.05, 4.69) is 4.98 Å². The lowest BCUT2D eigenvalue weighted by atomic mass is 9.97. The minimum atomic E-state index is -0.749. The number of hydrogen-bond acceptors (Lipinski definition) is 3. The first-order valence-electron chi connectivity index (χ1n) is 6.07. The van der Waals surface area contributed by atoms with Crippen LogP contribution in [0.4, 0.5) is 0 Å². The molecule has 17 heavy (non-hydrogen) atoms. The maximum absolute atomic E-state index is 11.2. The van der Waals surface area contributed by atoms with Crippen LogP contribution in [-0.2, 0) is 4.79 Å². The molecule has 0 amide bonds. The third kappa shape index (κ3) is 3.19. The summed E-state index contributed by atoms with van der Waals surface area (Å²) in [7, 11) is 0. The van der Waals surface area contributed by atoms with Crippen molar-refractivity contribution < 1.29 is 14.6 Å². The zero-order chi connectivity index (χ0) is 12.1. The van der Waals surface area contributed by atoms with Crippen molar-refractivity contribution in [2.45, 2.75) is 38.2 Å². The molecule has 0 bridgehead atoms. The molecule has 0 saturated heterocycles. The molecular weight excluding hydrogens is 218 g/mol. The molecule has 0 radical (unpaired) electrons. The SMILES string of the molecule is O=C(O)C1CCCCCC1Oc1cccnc1. The summed E-state index contributed by atoms with van der Waals surface area (Å²) in [4.78, 5) is 15.2. The Balaban J connectivity index is 2.07. The summed E-state index contributed by atoms with van der Waals surface area (Å²) in [5, 5.41) is 9.22. The third-order valence-corrected chi connectivity index (χ3v) is 3.19. The van der Waals surface area contributed by atoms with E-state index in [9.17, 15) is 9.90 Å². The van der Waals surface area contributed by atoms with Crippen LogP contribution in [0.25, 0.3) is 0 Å². The van der Waals surface area contributed by atoms with E-state index in [-0.39, 0.29) is 6.10 Å². The van der Waals surface area contributed by atoms with Crippen LogP contribution in [0.5, 0.6) is 5.75 Å². The van der Waals surface area contributed by atoms with Gasteiger partial charge in [-0.3, -0.25) is 9.78 Å². The molecule has 1 heterocycles. The molecular formula is C13H17NO3. The van der Waals surface area contributed by atoms with Crippen molar-refractivity contribution in [1.29, 1.82) is 0 Å². The molecule has 0 aromatic carbocycles. The highest BCUT2D eigenvalue weighted by Gasteiger charge is 2.31. The van der Waals surface area contributed by atoms with Crippen molar-refractivity contribution >= 4 is 5.97 Å². The zero-order valence-corrected chi connectivity index (χ0v) is 9.71. The van der Waals surface area contributed by atoms with Gasteiger partial charge in [0.1, 0.15) is 11.9 Å². The van der Waals surface area contributed by atoms with Gasteiger partial charge in [0.15, 0.2) is 0 Å². The van der Waals surface area contributed by atoms with Gasteiger partial charge >= 0.3 is 5.97 Å². The van der Waals surface area contributed by atoms with Gasteiger partial charge in [-0.1, -0.05) is 12.8 Å². The van der Waals surface area contributed by atoms with Gasteiger partial charge in [0.2, 0.25) is 0 Å². The first-order valence-corrected chi connectivity index (χ1v) is 6.07. The maximum Gasteiger partial charge on any atom is 0.310 e. The summed E-state index contributed by atoms with van der Waals surface area (Å²) in [6.45, 7) is 0. The lowest BCUT2D eigenvalue weighted by molar-refractivity contribution is -0.145. The number of carboxylic acids is 1. The van der Waals surface area contributed by atoms with Crippen molar-refractivity contribution in [3.8, 4) is 5.75 Å². The smallest absolute Gasteiger partial charge is 0.310 e. The van der Waals surface area contributed by atoms with Gasteiger partial charge in [-0.2, -0.15) is 0 Å². The van der Waals surface area contributed by atoms with E-state index in [1.807, 2.05) is 6.07 Å². The van der Waals surface area contributed by atoms with Gasteiger partial charge in [0, 0.05) is 6.20 Å². The number of carbonyl (C=O) groups is 1. The molecule has 1 aromatic heterocycles. The average Bonchev–Trinajstić information content (AvgIpc) is 2.56. The molecule has 1 aliphatic carbocycles. The summed E-state index contributed by atoms with van der Waals surface area (Å²) >= 11 is 0. The monoisotopic (exact) mass is 235 g/mol. The second-order valence-corrected chi connectivity index (χ2v) is 4.43. The van der Waals surface area contributed by atoms with Crippen LogP contribution in [-0.4, -0.2) is 22.2 Å². The van der Waals surface area contributed by atoms with Gasteiger partial charge in [-0.15, -0.1) is 0 Å². The predicted octanol–water partition coefficient (Wildman–Crippen LogP) is 2.49.